The van der Waals surface area contributed by atoms with Crippen molar-refractivity contribution in [1.29, 1.82) is 0 Å². The van der Waals surface area contributed by atoms with Crippen molar-refractivity contribution in [3.63, 3.8) is 0 Å². The van der Waals surface area contributed by atoms with Crippen LogP contribution >= 0.6 is 0 Å². The van der Waals surface area contributed by atoms with Crippen LogP contribution in [0.2, 0.25) is 0 Å². The zero-order valence-electron chi connectivity index (χ0n) is 19.7. The van der Waals surface area contributed by atoms with Gasteiger partial charge in [-0.05, 0) is 44.2 Å². The van der Waals surface area contributed by atoms with E-state index in [0.29, 0.717) is 24.3 Å². The van der Waals surface area contributed by atoms with Crippen molar-refractivity contribution < 1.29 is 23.8 Å². The Hall–Kier alpha value is -2.94. The predicted molar refractivity (Wildman–Crippen MR) is 127 cm³/mol. The van der Waals surface area contributed by atoms with Crippen LogP contribution in [0.5, 0.6) is 0 Å². The highest BCUT2D eigenvalue weighted by atomic mass is 16.7. The predicted octanol–water partition coefficient (Wildman–Crippen LogP) is 2.45. The highest BCUT2D eigenvalue weighted by Gasteiger charge is 2.33. The van der Waals surface area contributed by atoms with E-state index in [2.05, 4.69) is 10.6 Å². The summed E-state index contributed by atoms with van der Waals surface area (Å²) in [4.78, 5) is 27.3. The molecular formula is C25H33N3O5. The molecule has 1 aliphatic rings. The van der Waals surface area contributed by atoms with Crippen LogP contribution in [0.3, 0.4) is 0 Å². The molecule has 0 radical (unpaired) electrons. The number of rotatable bonds is 7. The van der Waals surface area contributed by atoms with Crippen molar-refractivity contribution in [1.82, 2.24) is 10.6 Å². The molecule has 2 N–H and O–H groups in total. The van der Waals surface area contributed by atoms with Crippen molar-refractivity contribution in [3.8, 4) is 0 Å². The Morgan fingerprint density at radius 3 is 2.24 bits per heavy atom. The summed E-state index contributed by atoms with van der Waals surface area (Å²) in [5.74, 6) is -1.26. The van der Waals surface area contributed by atoms with E-state index in [0.717, 1.165) is 5.69 Å². The minimum Gasteiger partial charge on any atom is -0.378 e. The van der Waals surface area contributed by atoms with E-state index in [1.807, 2.05) is 69.2 Å². The van der Waals surface area contributed by atoms with Crippen LogP contribution in [0, 0.1) is 0 Å². The van der Waals surface area contributed by atoms with Gasteiger partial charge in [0.15, 0.2) is 5.79 Å². The molecule has 1 aliphatic heterocycles. The van der Waals surface area contributed by atoms with E-state index < -0.39 is 18.0 Å². The number of carbonyl (C=O) groups excluding carboxylic acids is 2. The molecule has 2 aromatic rings. The zero-order valence-corrected chi connectivity index (χ0v) is 19.7. The normalized spacial score (nSPS) is 20.2. The second-order valence-electron chi connectivity index (χ2n) is 8.54. The van der Waals surface area contributed by atoms with Gasteiger partial charge in [-0.1, -0.05) is 24.3 Å². The highest BCUT2D eigenvalue weighted by molar-refractivity contribution is 5.95. The number of hydrogen-bond donors (Lipinski definition) is 2. The third-order valence-corrected chi connectivity index (χ3v) is 5.30. The van der Waals surface area contributed by atoms with Crippen molar-refractivity contribution >= 4 is 17.5 Å². The molecule has 8 nitrogen and oxygen atoms in total. The van der Waals surface area contributed by atoms with Crippen LogP contribution in [0.1, 0.15) is 34.6 Å². The van der Waals surface area contributed by atoms with Gasteiger partial charge >= 0.3 is 0 Å². The van der Waals surface area contributed by atoms with Gasteiger partial charge in [-0.15, -0.1) is 0 Å². The lowest BCUT2D eigenvalue weighted by Crippen LogP contribution is -2.52. The fourth-order valence-corrected chi connectivity index (χ4v) is 3.54. The van der Waals surface area contributed by atoms with Gasteiger partial charge in [0, 0.05) is 44.0 Å². The maximum atomic E-state index is 12.8. The summed E-state index contributed by atoms with van der Waals surface area (Å²) in [5.41, 5.74) is 2.06. The Labute approximate surface area is 195 Å². The molecule has 8 heteroatoms. The Bertz CT molecular complexity index is 933. The van der Waals surface area contributed by atoms with Crippen LogP contribution in [0.25, 0.3) is 0 Å². The van der Waals surface area contributed by atoms with Crippen molar-refractivity contribution in [2.24, 2.45) is 0 Å². The van der Waals surface area contributed by atoms with E-state index >= 15 is 0 Å². The lowest BCUT2D eigenvalue weighted by molar-refractivity contribution is -0.277. The Balaban J connectivity index is 1.67. The van der Waals surface area contributed by atoms with Gasteiger partial charge < -0.3 is 29.7 Å². The second-order valence-corrected chi connectivity index (χ2v) is 8.54. The summed E-state index contributed by atoms with van der Waals surface area (Å²) in [7, 11) is 3.85. The van der Waals surface area contributed by atoms with E-state index in [1.165, 1.54) is 0 Å². The third kappa shape index (κ3) is 7.28. The standard InChI is InChI=1S/C25H33N3O5/c1-25(2)32-14-13-31-21(16-26-24(30)19-11-8-12-20(15-19)28(3)4)22(33-25)17-27-23(29)18-9-6-5-7-10-18/h5-12,15,21-22H,13-14,16-17H2,1-4H3,(H,26,30)(H,27,29)/t21-,22+/m1/s1. The highest BCUT2D eigenvalue weighted by Crippen LogP contribution is 2.20. The lowest BCUT2D eigenvalue weighted by atomic mass is 10.1. The van der Waals surface area contributed by atoms with Crippen LogP contribution in [0.4, 0.5) is 5.69 Å². The van der Waals surface area contributed by atoms with Crippen molar-refractivity contribution in [2.45, 2.75) is 31.8 Å². The number of nitrogens with zero attached hydrogens (tertiary/aromatic N) is 1. The molecule has 2 amide bonds. The number of benzene rings is 2. The van der Waals surface area contributed by atoms with Gasteiger partial charge in [0.25, 0.3) is 11.8 Å². The maximum Gasteiger partial charge on any atom is 0.251 e. The number of anilines is 1. The first-order valence-corrected chi connectivity index (χ1v) is 11.1. The molecule has 0 aliphatic carbocycles. The van der Waals surface area contributed by atoms with Gasteiger partial charge in [0.2, 0.25) is 0 Å². The molecule has 3 rings (SSSR count). The molecule has 0 aromatic heterocycles. The Morgan fingerprint density at radius 1 is 0.909 bits per heavy atom. The molecule has 33 heavy (non-hydrogen) atoms. The van der Waals surface area contributed by atoms with Gasteiger partial charge in [-0.2, -0.15) is 0 Å². The molecule has 0 bridgehead atoms. The van der Waals surface area contributed by atoms with E-state index in [4.69, 9.17) is 14.2 Å². The summed E-state index contributed by atoms with van der Waals surface area (Å²) in [6.45, 7) is 4.81. The molecule has 1 heterocycles. The quantitative estimate of drug-likeness (QED) is 0.667. The maximum absolute atomic E-state index is 12.8. The SMILES string of the molecule is CN(C)c1cccc(C(=O)NC[C@H]2OCCOC(C)(C)O[C@H]2CNC(=O)c2ccccc2)c1. The number of amides is 2. The van der Waals surface area contributed by atoms with E-state index in [-0.39, 0.29) is 24.9 Å². The summed E-state index contributed by atoms with van der Waals surface area (Å²) in [6, 6.07) is 16.4. The molecule has 1 fully saturated rings. The first-order chi connectivity index (χ1) is 15.7. The molecular weight excluding hydrogens is 422 g/mol. The largest absolute Gasteiger partial charge is 0.378 e. The topological polar surface area (TPSA) is 89.1 Å². The van der Waals surface area contributed by atoms with Gasteiger partial charge in [0.1, 0.15) is 12.2 Å². The van der Waals surface area contributed by atoms with Crippen molar-refractivity contribution in [2.75, 3.05) is 45.3 Å². The minimum absolute atomic E-state index is 0.202. The first-order valence-electron chi connectivity index (χ1n) is 11.1. The molecule has 1 saturated heterocycles. The fourth-order valence-electron chi connectivity index (χ4n) is 3.54. The summed E-state index contributed by atoms with van der Waals surface area (Å²) in [6.07, 6.45) is -0.994. The van der Waals surface area contributed by atoms with Crippen LogP contribution in [-0.2, 0) is 14.2 Å². The molecule has 0 unspecified atom stereocenters. The third-order valence-electron chi connectivity index (χ3n) is 5.30. The zero-order chi connectivity index (χ0) is 23.8. The average molecular weight is 456 g/mol. The first kappa shape index (κ1) is 24.7. The molecule has 2 aromatic carbocycles. The number of hydrogen-bond acceptors (Lipinski definition) is 6. The van der Waals surface area contributed by atoms with E-state index in [9.17, 15) is 9.59 Å². The molecule has 0 saturated carbocycles. The molecule has 2 atom stereocenters. The smallest absolute Gasteiger partial charge is 0.251 e. The van der Waals surface area contributed by atoms with Crippen LogP contribution in [-0.4, -0.2) is 70.2 Å². The van der Waals surface area contributed by atoms with Gasteiger partial charge in [0.05, 0.1) is 13.2 Å². The average Bonchev–Trinajstić information content (AvgIpc) is 2.80. The molecule has 0 spiro atoms. The summed E-state index contributed by atoms with van der Waals surface area (Å²) >= 11 is 0. The lowest BCUT2D eigenvalue weighted by Gasteiger charge is -2.37. The van der Waals surface area contributed by atoms with E-state index in [1.54, 1.807) is 18.2 Å². The number of ether oxygens (including phenoxy) is 3. The van der Waals surface area contributed by atoms with Crippen LogP contribution in [0.15, 0.2) is 54.6 Å². The minimum atomic E-state index is -0.853. The second kappa shape index (κ2) is 11.3. The Kier molecular flexibility index (Phi) is 8.43. The summed E-state index contributed by atoms with van der Waals surface area (Å²) < 4.78 is 17.8. The number of carbonyl (C=O) groups is 2. The fraction of sp³-hybridized carbons (Fsp3) is 0.440. The monoisotopic (exact) mass is 455 g/mol. The molecule has 178 valence electrons. The van der Waals surface area contributed by atoms with Crippen molar-refractivity contribution in [3.05, 3.63) is 65.7 Å². The van der Waals surface area contributed by atoms with Crippen LogP contribution < -0.4 is 15.5 Å². The Morgan fingerprint density at radius 2 is 1.55 bits per heavy atom. The van der Waals surface area contributed by atoms with Gasteiger partial charge in [-0.25, -0.2) is 0 Å². The van der Waals surface area contributed by atoms with Gasteiger partial charge in [-0.3, -0.25) is 9.59 Å². The summed E-state index contributed by atoms with van der Waals surface area (Å²) in [5, 5.41) is 5.85. The number of nitrogens with one attached hydrogen (secondary N) is 2.